The fourth-order valence-electron chi connectivity index (χ4n) is 2.06. The smallest absolute Gasteiger partial charge is 0.136 e. The number of rotatable bonds is 3. The maximum absolute atomic E-state index is 10.8. The van der Waals surface area contributed by atoms with Crippen LogP contribution in [0, 0.1) is 5.92 Å². The molecule has 0 aliphatic heterocycles. The summed E-state index contributed by atoms with van der Waals surface area (Å²) in [5.41, 5.74) is 1.81. The molecular formula is C12H10Cl4O. The Morgan fingerprint density at radius 1 is 1.35 bits per heavy atom. The van der Waals surface area contributed by atoms with Gasteiger partial charge in [-0.1, -0.05) is 36.2 Å². The largest absolute Gasteiger partial charge is 0.303 e. The van der Waals surface area contributed by atoms with Crippen LogP contribution < -0.4 is 0 Å². The molecule has 2 atom stereocenters. The van der Waals surface area contributed by atoms with Crippen LogP contribution in [0.15, 0.2) is 12.1 Å². The molecule has 2 unspecified atom stereocenters. The zero-order chi connectivity index (χ0) is 12.8. The van der Waals surface area contributed by atoms with E-state index in [1.807, 2.05) is 13.0 Å². The van der Waals surface area contributed by atoms with Crippen molar-refractivity contribution in [1.29, 1.82) is 0 Å². The summed E-state index contributed by atoms with van der Waals surface area (Å²) in [6.07, 6.45) is 1.56. The van der Waals surface area contributed by atoms with E-state index in [0.29, 0.717) is 10.0 Å². The van der Waals surface area contributed by atoms with Crippen molar-refractivity contribution in [3.8, 4) is 0 Å². The maximum Gasteiger partial charge on any atom is 0.136 e. The molecule has 17 heavy (non-hydrogen) atoms. The maximum atomic E-state index is 10.8. The number of aryl methyl sites for hydroxylation is 1. The van der Waals surface area contributed by atoms with E-state index in [-0.39, 0.29) is 11.8 Å². The molecule has 1 aliphatic carbocycles. The minimum Gasteiger partial charge on any atom is -0.303 e. The summed E-state index contributed by atoms with van der Waals surface area (Å²) in [6, 6.07) is 3.65. The van der Waals surface area contributed by atoms with E-state index < -0.39 is 4.33 Å². The second kappa shape index (κ2) is 4.62. The molecule has 1 saturated carbocycles. The first kappa shape index (κ1) is 13.5. The number of benzene rings is 1. The second-order valence-electron chi connectivity index (χ2n) is 4.14. The van der Waals surface area contributed by atoms with E-state index in [4.69, 9.17) is 46.4 Å². The van der Waals surface area contributed by atoms with E-state index in [2.05, 4.69) is 0 Å². The molecule has 0 heterocycles. The molecule has 1 fully saturated rings. The monoisotopic (exact) mass is 310 g/mol. The van der Waals surface area contributed by atoms with Gasteiger partial charge in [-0.15, -0.1) is 23.2 Å². The van der Waals surface area contributed by atoms with Crippen molar-refractivity contribution in [1.82, 2.24) is 0 Å². The highest BCUT2D eigenvalue weighted by Crippen LogP contribution is 2.64. The zero-order valence-electron chi connectivity index (χ0n) is 9.01. The number of aldehydes is 1. The molecular weight excluding hydrogens is 302 g/mol. The third-order valence-electron chi connectivity index (χ3n) is 3.12. The molecule has 0 amide bonds. The molecule has 0 aromatic heterocycles. The highest BCUT2D eigenvalue weighted by molar-refractivity contribution is 6.53. The first-order chi connectivity index (χ1) is 7.93. The zero-order valence-corrected chi connectivity index (χ0v) is 12.0. The highest BCUT2D eigenvalue weighted by Gasteiger charge is 2.64. The van der Waals surface area contributed by atoms with Gasteiger partial charge in [-0.25, -0.2) is 0 Å². The normalized spacial score (nSPS) is 25.7. The van der Waals surface area contributed by atoms with E-state index in [0.717, 1.165) is 23.8 Å². The van der Waals surface area contributed by atoms with Gasteiger partial charge in [0.1, 0.15) is 10.6 Å². The first-order valence-electron chi connectivity index (χ1n) is 5.24. The summed E-state index contributed by atoms with van der Waals surface area (Å²) >= 11 is 24.2. The van der Waals surface area contributed by atoms with Gasteiger partial charge >= 0.3 is 0 Å². The first-order valence-corrected chi connectivity index (χ1v) is 6.75. The molecule has 0 bridgehead atoms. The highest BCUT2D eigenvalue weighted by atomic mass is 35.5. The number of alkyl halides is 2. The Balaban J connectivity index is 2.42. The molecule has 0 N–H and O–H groups in total. The van der Waals surface area contributed by atoms with Crippen LogP contribution in [0.4, 0.5) is 0 Å². The van der Waals surface area contributed by atoms with Crippen LogP contribution in [0.2, 0.25) is 10.0 Å². The summed E-state index contributed by atoms with van der Waals surface area (Å²) in [4.78, 5) is 10.8. The fourth-order valence-corrected chi connectivity index (χ4v) is 3.30. The number of hydrogen-bond donors (Lipinski definition) is 0. The number of carbonyl (C=O) groups is 1. The van der Waals surface area contributed by atoms with E-state index >= 15 is 0 Å². The van der Waals surface area contributed by atoms with Crippen LogP contribution >= 0.6 is 46.4 Å². The average Bonchev–Trinajstić information content (AvgIpc) is 2.84. The van der Waals surface area contributed by atoms with Crippen molar-refractivity contribution in [3.63, 3.8) is 0 Å². The standard InChI is InChI=1S/C12H10Cl4O/c1-2-6-3-7(4-9(13)11(6)14)10-8(5-17)12(10,15)16/h3-5,8,10H,2H2,1H3. The quantitative estimate of drug-likeness (QED) is 0.587. The van der Waals surface area contributed by atoms with Crippen molar-refractivity contribution >= 4 is 52.7 Å². The molecule has 1 aromatic rings. The molecule has 0 spiro atoms. The van der Waals surface area contributed by atoms with Gasteiger partial charge < -0.3 is 4.79 Å². The lowest BCUT2D eigenvalue weighted by Crippen LogP contribution is -1.93. The minimum atomic E-state index is -1.01. The van der Waals surface area contributed by atoms with Crippen molar-refractivity contribution < 1.29 is 4.79 Å². The molecule has 2 rings (SSSR count). The van der Waals surface area contributed by atoms with Crippen molar-refractivity contribution in [2.24, 2.45) is 5.92 Å². The van der Waals surface area contributed by atoms with Gasteiger partial charge in [0.25, 0.3) is 0 Å². The molecule has 1 aromatic carbocycles. The van der Waals surface area contributed by atoms with Crippen molar-refractivity contribution in [2.75, 3.05) is 0 Å². The summed E-state index contributed by atoms with van der Waals surface area (Å²) in [5, 5.41) is 1.03. The van der Waals surface area contributed by atoms with Crippen LogP contribution in [0.1, 0.15) is 24.0 Å². The lowest BCUT2D eigenvalue weighted by Gasteiger charge is -2.08. The Hall–Kier alpha value is 0.0500. The second-order valence-corrected chi connectivity index (χ2v) is 6.37. The lowest BCUT2D eigenvalue weighted by molar-refractivity contribution is -0.108. The van der Waals surface area contributed by atoms with Gasteiger partial charge in [-0.05, 0) is 23.6 Å². The van der Waals surface area contributed by atoms with Crippen LogP contribution in [0.3, 0.4) is 0 Å². The van der Waals surface area contributed by atoms with Gasteiger partial charge in [0.05, 0.1) is 16.0 Å². The Morgan fingerprint density at radius 3 is 2.47 bits per heavy atom. The van der Waals surface area contributed by atoms with Crippen molar-refractivity contribution in [3.05, 3.63) is 33.3 Å². The molecule has 0 saturated heterocycles. The fraction of sp³-hybridized carbons (Fsp3) is 0.417. The SMILES string of the molecule is CCc1cc(C2C(C=O)C2(Cl)Cl)cc(Cl)c1Cl. The van der Waals surface area contributed by atoms with Crippen LogP contribution in [0.25, 0.3) is 0 Å². The van der Waals surface area contributed by atoms with Gasteiger partial charge in [0.15, 0.2) is 0 Å². The van der Waals surface area contributed by atoms with Gasteiger partial charge in [-0.3, -0.25) is 0 Å². The minimum absolute atomic E-state index is 0.191. The summed E-state index contributed by atoms with van der Waals surface area (Å²) in [6.45, 7) is 1.99. The van der Waals surface area contributed by atoms with Gasteiger partial charge in [0, 0.05) is 5.92 Å². The Kier molecular flexibility index (Phi) is 3.66. The van der Waals surface area contributed by atoms with Gasteiger partial charge in [0.2, 0.25) is 0 Å². The molecule has 92 valence electrons. The predicted octanol–water partition coefficient (Wildman–Crippen LogP) is 4.64. The van der Waals surface area contributed by atoms with Crippen LogP contribution in [-0.2, 0) is 11.2 Å². The van der Waals surface area contributed by atoms with Crippen LogP contribution in [0.5, 0.6) is 0 Å². The predicted molar refractivity (Wildman–Crippen MR) is 72.6 cm³/mol. The Labute approximate surface area is 120 Å². The van der Waals surface area contributed by atoms with E-state index in [1.54, 1.807) is 6.07 Å². The number of hydrogen-bond acceptors (Lipinski definition) is 1. The lowest BCUT2D eigenvalue weighted by atomic mass is 10.0. The molecule has 1 aliphatic rings. The van der Waals surface area contributed by atoms with E-state index in [9.17, 15) is 4.79 Å². The third-order valence-corrected chi connectivity index (χ3v) is 4.94. The third kappa shape index (κ3) is 2.19. The van der Waals surface area contributed by atoms with Crippen molar-refractivity contribution in [2.45, 2.75) is 23.6 Å². The Bertz CT molecular complexity index is 470. The Morgan fingerprint density at radius 2 is 2.00 bits per heavy atom. The van der Waals surface area contributed by atoms with Gasteiger partial charge in [-0.2, -0.15) is 0 Å². The topological polar surface area (TPSA) is 17.1 Å². The molecule has 0 radical (unpaired) electrons. The summed E-state index contributed by atoms with van der Waals surface area (Å²) in [7, 11) is 0. The summed E-state index contributed by atoms with van der Waals surface area (Å²) < 4.78 is -1.01. The molecule has 1 nitrogen and oxygen atoms in total. The average molecular weight is 312 g/mol. The van der Waals surface area contributed by atoms with E-state index in [1.165, 1.54) is 0 Å². The summed E-state index contributed by atoms with van der Waals surface area (Å²) in [5.74, 6) is -0.559. The number of halogens is 4. The van der Waals surface area contributed by atoms with Crippen LogP contribution in [-0.4, -0.2) is 10.6 Å². The molecule has 5 heteroatoms. The number of carbonyl (C=O) groups excluding carboxylic acids is 1.